The SMILES string of the molecule is COc1ccc(CCNC(=O)NC(C)c2cccc(Cl)c2)cc1OC. The number of methoxy groups -OCH3 is 2. The zero-order valence-corrected chi connectivity index (χ0v) is 15.4. The Balaban J connectivity index is 1.82. The van der Waals surface area contributed by atoms with Gasteiger partial charge in [-0.25, -0.2) is 4.79 Å². The fourth-order valence-corrected chi connectivity index (χ4v) is 2.66. The number of carbonyl (C=O) groups is 1. The van der Waals surface area contributed by atoms with Crippen molar-refractivity contribution in [2.24, 2.45) is 0 Å². The Morgan fingerprint density at radius 2 is 1.88 bits per heavy atom. The van der Waals surface area contributed by atoms with E-state index in [1.165, 1.54) is 0 Å². The summed E-state index contributed by atoms with van der Waals surface area (Å²) < 4.78 is 10.5. The second-order valence-corrected chi connectivity index (χ2v) is 6.05. The number of nitrogens with one attached hydrogen (secondary N) is 2. The van der Waals surface area contributed by atoms with Crippen molar-refractivity contribution in [3.63, 3.8) is 0 Å². The zero-order valence-electron chi connectivity index (χ0n) is 14.6. The Morgan fingerprint density at radius 3 is 2.56 bits per heavy atom. The fraction of sp³-hybridized carbons (Fsp3) is 0.316. The van der Waals surface area contributed by atoms with Gasteiger partial charge in [-0.3, -0.25) is 0 Å². The van der Waals surface area contributed by atoms with Crippen LogP contribution in [0.2, 0.25) is 5.02 Å². The van der Waals surface area contributed by atoms with Crippen molar-refractivity contribution < 1.29 is 14.3 Å². The molecule has 1 unspecified atom stereocenters. The minimum absolute atomic E-state index is 0.125. The van der Waals surface area contributed by atoms with Crippen LogP contribution in [0.25, 0.3) is 0 Å². The number of ether oxygens (including phenoxy) is 2. The predicted octanol–water partition coefficient (Wildman–Crippen LogP) is 3.96. The molecular formula is C19H23ClN2O3. The highest BCUT2D eigenvalue weighted by molar-refractivity contribution is 6.30. The smallest absolute Gasteiger partial charge is 0.315 e. The van der Waals surface area contributed by atoms with Gasteiger partial charge in [0, 0.05) is 11.6 Å². The summed E-state index contributed by atoms with van der Waals surface area (Å²) >= 11 is 5.98. The molecule has 0 bridgehead atoms. The Bertz CT molecular complexity index is 722. The Kier molecular flexibility index (Phi) is 6.95. The molecule has 2 amide bonds. The Hall–Kier alpha value is -2.40. The quantitative estimate of drug-likeness (QED) is 0.783. The van der Waals surface area contributed by atoms with Crippen LogP contribution in [-0.2, 0) is 6.42 Å². The molecule has 0 aliphatic carbocycles. The number of amides is 2. The van der Waals surface area contributed by atoms with Crippen LogP contribution in [0, 0.1) is 0 Å². The second-order valence-electron chi connectivity index (χ2n) is 5.62. The number of hydrogen-bond acceptors (Lipinski definition) is 3. The number of halogens is 1. The van der Waals surface area contributed by atoms with E-state index in [1.807, 2.05) is 43.3 Å². The molecule has 2 N–H and O–H groups in total. The molecule has 6 heteroatoms. The minimum Gasteiger partial charge on any atom is -0.493 e. The molecule has 134 valence electrons. The lowest BCUT2D eigenvalue weighted by molar-refractivity contribution is 0.238. The van der Waals surface area contributed by atoms with E-state index in [1.54, 1.807) is 20.3 Å². The maximum Gasteiger partial charge on any atom is 0.315 e. The van der Waals surface area contributed by atoms with E-state index in [2.05, 4.69) is 10.6 Å². The maximum absolute atomic E-state index is 12.0. The molecule has 0 aliphatic rings. The van der Waals surface area contributed by atoms with Crippen LogP contribution in [-0.4, -0.2) is 26.8 Å². The molecule has 25 heavy (non-hydrogen) atoms. The number of rotatable bonds is 7. The summed E-state index contributed by atoms with van der Waals surface area (Å²) in [5, 5.41) is 6.41. The largest absolute Gasteiger partial charge is 0.493 e. The summed E-state index contributed by atoms with van der Waals surface area (Å²) in [5.41, 5.74) is 2.02. The van der Waals surface area contributed by atoms with E-state index in [0.717, 1.165) is 11.1 Å². The van der Waals surface area contributed by atoms with E-state index < -0.39 is 0 Å². The monoisotopic (exact) mass is 362 g/mol. The second kappa shape index (κ2) is 9.18. The molecule has 2 rings (SSSR count). The normalized spacial score (nSPS) is 11.5. The third-order valence-electron chi connectivity index (χ3n) is 3.84. The summed E-state index contributed by atoms with van der Waals surface area (Å²) in [4.78, 5) is 12.0. The van der Waals surface area contributed by atoms with Gasteiger partial charge >= 0.3 is 6.03 Å². The topological polar surface area (TPSA) is 59.6 Å². The highest BCUT2D eigenvalue weighted by Crippen LogP contribution is 2.27. The molecule has 0 spiro atoms. The lowest BCUT2D eigenvalue weighted by Gasteiger charge is -2.15. The standard InChI is InChI=1S/C19H23ClN2O3/c1-13(15-5-4-6-16(20)12-15)22-19(23)21-10-9-14-7-8-17(24-2)18(11-14)25-3/h4-8,11-13H,9-10H2,1-3H3,(H2,21,22,23). The highest BCUT2D eigenvalue weighted by Gasteiger charge is 2.10. The van der Waals surface area contributed by atoms with Crippen LogP contribution < -0.4 is 20.1 Å². The van der Waals surface area contributed by atoms with Gasteiger partial charge in [-0.05, 0) is 48.7 Å². The molecule has 0 aromatic heterocycles. The molecule has 0 saturated heterocycles. The number of hydrogen-bond donors (Lipinski definition) is 2. The first kappa shape index (κ1) is 18.9. The van der Waals surface area contributed by atoms with Crippen molar-refractivity contribution in [3.05, 3.63) is 58.6 Å². The lowest BCUT2D eigenvalue weighted by atomic mass is 10.1. The van der Waals surface area contributed by atoms with Crippen LogP contribution in [0.15, 0.2) is 42.5 Å². The van der Waals surface area contributed by atoms with Crippen LogP contribution >= 0.6 is 11.6 Å². The van der Waals surface area contributed by atoms with Gasteiger partial charge in [0.05, 0.1) is 20.3 Å². The van der Waals surface area contributed by atoms with Gasteiger partial charge in [0.1, 0.15) is 0 Å². The van der Waals surface area contributed by atoms with Crippen LogP contribution in [0.5, 0.6) is 11.5 Å². The average Bonchev–Trinajstić information content (AvgIpc) is 2.61. The van der Waals surface area contributed by atoms with Crippen molar-refractivity contribution >= 4 is 17.6 Å². The molecule has 0 heterocycles. The van der Waals surface area contributed by atoms with E-state index in [9.17, 15) is 4.79 Å². The van der Waals surface area contributed by atoms with E-state index in [-0.39, 0.29) is 12.1 Å². The zero-order chi connectivity index (χ0) is 18.2. The minimum atomic E-state index is -0.215. The van der Waals surface area contributed by atoms with Crippen molar-refractivity contribution in [2.45, 2.75) is 19.4 Å². The number of benzene rings is 2. The maximum atomic E-state index is 12.0. The molecule has 5 nitrogen and oxygen atoms in total. The molecule has 2 aromatic rings. The molecule has 1 atom stereocenters. The van der Waals surface area contributed by atoms with Crippen LogP contribution in [0.1, 0.15) is 24.1 Å². The van der Waals surface area contributed by atoms with Crippen molar-refractivity contribution in [2.75, 3.05) is 20.8 Å². The summed E-state index contributed by atoms with van der Waals surface area (Å²) in [6.45, 7) is 2.43. The van der Waals surface area contributed by atoms with Crippen LogP contribution in [0.4, 0.5) is 4.79 Å². The highest BCUT2D eigenvalue weighted by atomic mass is 35.5. The summed E-state index contributed by atoms with van der Waals surface area (Å²) in [5.74, 6) is 1.37. The predicted molar refractivity (Wildman–Crippen MR) is 99.7 cm³/mol. The van der Waals surface area contributed by atoms with Gasteiger partial charge in [-0.15, -0.1) is 0 Å². The molecule has 0 saturated carbocycles. The molecular weight excluding hydrogens is 340 g/mol. The lowest BCUT2D eigenvalue weighted by Crippen LogP contribution is -2.38. The Labute approximate surface area is 153 Å². The van der Waals surface area contributed by atoms with Gasteiger partial charge in [0.25, 0.3) is 0 Å². The number of carbonyl (C=O) groups excluding carboxylic acids is 1. The van der Waals surface area contributed by atoms with Crippen molar-refractivity contribution in [1.29, 1.82) is 0 Å². The van der Waals surface area contributed by atoms with Crippen molar-refractivity contribution in [1.82, 2.24) is 10.6 Å². The molecule has 0 radical (unpaired) electrons. The van der Waals surface area contributed by atoms with E-state index >= 15 is 0 Å². The number of urea groups is 1. The third kappa shape index (κ3) is 5.57. The Morgan fingerprint density at radius 1 is 1.12 bits per heavy atom. The summed E-state index contributed by atoms with van der Waals surface area (Å²) in [7, 11) is 3.20. The van der Waals surface area contributed by atoms with E-state index in [0.29, 0.717) is 29.5 Å². The van der Waals surface area contributed by atoms with Gasteiger partial charge < -0.3 is 20.1 Å². The average molecular weight is 363 g/mol. The molecule has 0 aliphatic heterocycles. The molecule has 2 aromatic carbocycles. The van der Waals surface area contributed by atoms with Crippen molar-refractivity contribution in [3.8, 4) is 11.5 Å². The van der Waals surface area contributed by atoms with Gasteiger partial charge in [0.2, 0.25) is 0 Å². The summed E-state index contributed by atoms with van der Waals surface area (Å²) in [6, 6.07) is 12.8. The van der Waals surface area contributed by atoms with Gasteiger partial charge in [-0.1, -0.05) is 29.8 Å². The first-order chi connectivity index (χ1) is 12.0. The first-order valence-corrected chi connectivity index (χ1v) is 8.42. The molecule has 0 fully saturated rings. The van der Waals surface area contributed by atoms with Gasteiger partial charge in [0.15, 0.2) is 11.5 Å². The fourth-order valence-electron chi connectivity index (χ4n) is 2.46. The third-order valence-corrected chi connectivity index (χ3v) is 4.08. The van der Waals surface area contributed by atoms with Gasteiger partial charge in [-0.2, -0.15) is 0 Å². The summed E-state index contributed by atoms with van der Waals surface area (Å²) in [6.07, 6.45) is 0.694. The van der Waals surface area contributed by atoms with Crippen LogP contribution in [0.3, 0.4) is 0 Å². The first-order valence-electron chi connectivity index (χ1n) is 8.04. The van der Waals surface area contributed by atoms with E-state index in [4.69, 9.17) is 21.1 Å².